The highest BCUT2D eigenvalue weighted by atomic mass is 79.9. The maximum atomic E-state index is 11.8. The number of benzene rings is 1. The lowest BCUT2D eigenvalue weighted by molar-refractivity contribution is 0.292. The third kappa shape index (κ3) is 3.11. The topological polar surface area (TPSA) is 79.2 Å². The van der Waals surface area contributed by atoms with Gasteiger partial charge in [-0.05, 0) is 18.2 Å². The summed E-state index contributed by atoms with van der Waals surface area (Å²) < 4.78 is 8.73. The second-order valence-electron chi connectivity index (χ2n) is 4.24. The second kappa shape index (κ2) is 5.96. The summed E-state index contributed by atoms with van der Waals surface area (Å²) >= 11 is 3.34. The molecule has 0 saturated carbocycles. The van der Waals surface area contributed by atoms with E-state index in [-0.39, 0.29) is 18.8 Å². The van der Waals surface area contributed by atoms with Gasteiger partial charge in [-0.2, -0.15) is 0 Å². The van der Waals surface area contributed by atoms with Crippen LogP contribution >= 0.6 is 15.9 Å². The molecule has 0 aliphatic carbocycles. The Bertz CT molecular complexity index is 702. The van der Waals surface area contributed by atoms with E-state index in [0.29, 0.717) is 5.75 Å². The average molecular weight is 340 g/mol. The fourth-order valence-electron chi connectivity index (χ4n) is 1.76. The summed E-state index contributed by atoms with van der Waals surface area (Å²) in [5.74, 6) is 0.660. The Morgan fingerprint density at radius 1 is 1.35 bits per heavy atom. The molecule has 0 unspecified atom stereocenters. The summed E-state index contributed by atoms with van der Waals surface area (Å²) in [6.45, 7) is 0.345. The standard InChI is InChI=1S/C13H14BrN3O3/c1-16-8-11(15)12(18)17(13(16)19)5-6-20-10-4-2-3-9(14)7-10/h2-4,7-8H,5-6,15H2,1H3. The minimum absolute atomic E-state index is 0.0366. The van der Waals surface area contributed by atoms with E-state index in [4.69, 9.17) is 10.5 Å². The Hall–Kier alpha value is -2.02. The van der Waals surface area contributed by atoms with E-state index in [1.807, 2.05) is 12.1 Å². The first kappa shape index (κ1) is 14.4. The molecular formula is C13H14BrN3O3. The van der Waals surface area contributed by atoms with E-state index in [9.17, 15) is 9.59 Å². The van der Waals surface area contributed by atoms with Gasteiger partial charge in [0.05, 0.1) is 6.54 Å². The molecule has 1 aromatic heterocycles. The summed E-state index contributed by atoms with van der Waals surface area (Å²) in [4.78, 5) is 23.6. The number of anilines is 1. The molecule has 106 valence electrons. The van der Waals surface area contributed by atoms with Crippen LogP contribution in [0.4, 0.5) is 5.69 Å². The number of halogens is 1. The summed E-state index contributed by atoms with van der Waals surface area (Å²) in [6.07, 6.45) is 1.32. The first-order chi connectivity index (χ1) is 9.49. The maximum absolute atomic E-state index is 11.8. The Kier molecular flexibility index (Phi) is 4.29. The van der Waals surface area contributed by atoms with Crippen molar-refractivity contribution in [3.8, 4) is 5.75 Å². The third-order valence-electron chi connectivity index (χ3n) is 2.74. The van der Waals surface area contributed by atoms with Crippen LogP contribution in [0.1, 0.15) is 0 Å². The number of hydrogen-bond donors (Lipinski definition) is 1. The van der Waals surface area contributed by atoms with E-state index < -0.39 is 11.2 Å². The molecule has 2 rings (SSSR count). The van der Waals surface area contributed by atoms with Crippen LogP contribution in [0.15, 0.2) is 44.5 Å². The molecule has 2 N–H and O–H groups in total. The Balaban J connectivity index is 2.12. The molecule has 6 nitrogen and oxygen atoms in total. The molecule has 1 aromatic carbocycles. The number of nitrogens with two attached hydrogens (primary N) is 1. The van der Waals surface area contributed by atoms with Crippen molar-refractivity contribution in [1.29, 1.82) is 0 Å². The SMILES string of the molecule is Cn1cc(N)c(=O)n(CCOc2cccc(Br)c2)c1=O. The number of nitrogens with zero attached hydrogens (tertiary/aromatic N) is 2. The number of nitrogen functional groups attached to an aromatic ring is 1. The van der Waals surface area contributed by atoms with Crippen LogP contribution in [0, 0.1) is 0 Å². The molecule has 0 saturated heterocycles. The maximum Gasteiger partial charge on any atom is 0.330 e. The zero-order valence-electron chi connectivity index (χ0n) is 10.9. The van der Waals surface area contributed by atoms with Crippen LogP contribution in [0.3, 0.4) is 0 Å². The molecule has 2 aromatic rings. The van der Waals surface area contributed by atoms with Gasteiger partial charge < -0.3 is 15.0 Å². The van der Waals surface area contributed by atoms with Gasteiger partial charge in [-0.1, -0.05) is 22.0 Å². The van der Waals surface area contributed by atoms with Crippen molar-refractivity contribution < 1.29 is 4.74 Å². The van der Waals surface area contributed by atoms with Crippen molar-refractivity contribution in [3.05, 3.63) is 55.8 Å². The van der Waals surface area contributed by atoms with Gasteiger partial charge in [0.1, 0.15) is 18.0 Å². The van der Waals surface area contributed by atoms with Crippen molar-refractivity contribution in [2.45, 2.75) is 6.54 Å². The highest BCUT2D eigenvalue weighted by Crippen LogP contribution is 2.17. The molecule has 0 fully saturated rings. The molecule has 0 spiro atoms. The zero-order valence-corrected chi connectivity index (χ0v) is 12.5. The number of hydrogen-bond acceptors (Lipinski definition) is 4. The van der Waals surface area contributed by atoms with Gasteiger partial charge in [-0.3, -0.25) is 9.36 Å². The summed E-state index contributed by atoms with van der Waals surface area (Å²) in [5.41, 5.74) is 4.68. The van der Waals surface area contributed by atoms with Gasteiger partial charge in [0.25, 0.3) is 5.56 Å². The van der Waals surface area contributed by atoms with E-state index in [1.54, 1.807) is 19.2 Å². The second-order valence-corrected chi connectivity index (χ2v) is 5.16. The van der Waals surface area contributed by atoms with Crippen LogP contribution in [0.5, 0.6) is 5.75 Å². The monoisotopic (exact) mass is 339 g/mol. The number of aryl methyl sites for hydroxylation is 1. The van der Waals surface area contributed by atoms with E-state index in [1.165, 1.54) is 10.8 Å². The van der Waals surface area contributed by atoms with Crippen molar-refractivity contribution in [2.75, 3.05) is 12.3 Å². The summed E-state index contributed by atoms with van der Waals surface area (Å²) in [7, 11) is 1.55. The Morgan fingerprint density at radius 3 is 2.80 bits per heavy atom. The predicted octanol–water partition coefficient (Wildman–Crippen LogP) is 0.971. The minimum Gasteiger partial charge on any atom is -0.492 e. The Morgan fingerprint density at radius 2 is 2.10 bits per heavy atom. The van der Waals surface area contributed by atoms with Crippen molar-refractivity contribution in [3.63, 3.8) is 0 Å². The lowest BCUT2D eigenvalue weighted by Crippen LogP contribution is -2.40. The van der Waals surface area contributed by atoms with Crippen LogP contribution in [-0.4, -0.2) is 15.7 Å². The smallest absolute Gasteiger partial charge is 0.330 e. The molecule has 7 heteroatoms. The zero-order chi connectivity index (χ0) is 14.7. The van der Waals surface area contributed by atoms with Crippen LogP contribution in [-0.2, 0) is 13.6 Å². The fourth-order valence-corrected chi connectivity index (χ4v) is 2.14. The van der Waals surface area contributed by atoms with E-state index in [2.05, 4.69) is 15.9 Å². The molecule has 1 heterocycles. The first-order valence-corrected chi connectivity index (χ1v) is 6.72. The molecular weight excluding hydrogens is 326 g/mol. The van der Waals surface area contributed by atoms with E-state index in [0.717, 1.165) is 9.04 Å². The summed E-state index contributed by atoms with van der Waals surface area (Å²) in [5, 5.41) is 0. The number of rotatable bonds is 4. The highest BCUT2D eigenvalue weighted by Gasteiger charge is 2.07. The van der Waals surface area contributed by atoms with Crippen molar-refractivity contribution in [2.24, 2.45) is 7.05 Å². The van der Waals surface area contributed by atoms with Gasteiger partial charge in [0.15, 0.2) is 0 Å². The molecule has 0 radical (unpaired) electrons. The summed E-state index contributed by atoms with van der Waals surface area (Å²) in [6, 6.07) is 7.32. The average Bonchev–Trinajstić information content (AvgIpc) is 2.40. The van der Waals surface area contributed by atoms with Crippen molar-refractivity contribution in [1.82, 2.24) is 9.13 Å². The van der Waals surface area contributed by atoms with Gasteiger partial charge >= 0.3 is 5.69 Å². The highest BCUT2D eigenvalue weighted by molar-refractivity contribution is 9.10. The van der Waals surface area contributed by atoms with Gasteiger partial charge in [0.2, 0.25) is 0 Å². The van der Waals surface area contributed by atoms with Gasteiger partial charge in [0, 0.05) is 17.7 Å². The molecule has 0 aliphatic heterocycles. The van der Waals surface area contributed by atoms with Crippen LogP contribution in [0.25, 0.3) is 0 Å². The van der Waals surface area contributed by atoms with Crippen molar-refractivity contribution >= 4 is 21.6 Å². The predicted molar refractivity (Wildman–Crippen MR) is 80.0 cm³/mol. The molecule has 0 bridgehead atoms. The molecule has 0 aliphatic rings. The van der Waals surface area contributed by atoms with Gasteiger partial charge in [-0.25, -0.2) is 4.79 Å². The lowest BCUT2D eigenvalue weighted by Gasteiger charge is -2.10. The number of ether oxygens (including phenoxy) is 1. The largest absolute Gasteiger partial charge is 0.492 e. The van der Waals surface area contributed by atoms with Gasteiger partial charge in [-0.15, -0.1) is 0 Å². The van der Waals surface area contributed by atoms with Crippen LogP contribution < -0.4 is 21.7 Å². The van der Waals surface area contributed by atoms with Crippen LogP contribution in [0.2, 0.25) is 0 Å². The normalized spacial score (nSPS) is 10.5. The first-order valence-electron chi connectivity index (χ1n) is 5.93. The molecule has 0 atom stereocenters. The quantitative estimate of drug-likeness (QED) is 0.900. The minimum atomic E-state index is -0.494. The number of aromatic nitrogens is 2. The fraction of sp³-hybridized carbons (Fsp3) is 0.231. The van der Waals surface area contributed by atoms with E-state index >= 15 is 0 Å². The molecule has 0 amide bonds. The lowest BCUT2D eigenvalue weighted by atomic mass is 10.3. The third-order valence-corrected chi connectivity index (χ3v) is 3.23. The Labute approximate surface area is 123 Å². The molecule has 20 heavy (non-hydrogen) atoms.